The molecule has 4 rings (SSSR count). The number of nitrogens with one attached hydrogen (secondary N) is 2. The highest BCUT2D eigenvalue weighted by Crippen LogP contribution is 2.26. The van der Waals surface area contributed by atoms with E-state index in [2.05, 4.69) is 10.4 Å². The summed E-state index contributed by atoms with van der Waals surface area (Å²) in [5.41, 5.74) is 3.77. The Morgan fingerprint density at radius 1 is 1.03 bits per heavy atom. The molecule has 1 fully saturated rings. The van der Waals surface area contributed by atoms with Crippen molar-refractivity contribution in [3.05, 3.63) is 92.4 Å². The number of benzene rings is 2. The smallest absolute Gasteiger partial charge is 0.303 e. The highest BCUT2D eigenvalue weighted by atomic mass is 35.5. The van der Waals surface area contributed by atoms with E-state index < -0.39 is 11.9 Å². The lowest BCUT2D eigenvalue weighted by Crippen LogP contribution is -2.31. The number of para-hydroxylation sites is 1. The number of H-pyrrole nitrogens is 1. The quantitative estimate of drug-likeness (QED) is 0.328. The second kappa shape index (κ2) is 8.96. The highest BCUT2D eigenvalue weighted by molar-refractivity contribution is 6.30. The summed E-state index contributed by atoms with van der Waals surface area (Å²) in [6.45, 7) is 5.85. The van der Waals surface area contributed by atoms with E-state index >= 15 is 0 Å². The van der Waals surface area contributed by atoms with E-state index in [1.54, 1.807) is 30.3 Å². The van der Waals surface area contributed by atoms with Gasteiger partial charge in [0.25, 0.3) is 11.5 Å². The first-order valence-electron chi connectivity index (χ1n) is 10.4. The Hall–Kier alpha value is -3.84. The molecule has 0 bridgehead atoms. The molecule has 2 heterocycles. The molecule has 0 saturated carbocycles. The van der Waals surface area contributed by atoms with Gasteiger partial charge >= 0.3 is 6.03 Å². The van der Waals surface area contributed by atoms with Crippen molar-refractivity contribution >= 4 is 29.6 Å². The van der Waals surface area contributed by atoms with Crippen LogP contribution in [0.3, 0.4) is 0 Å². The number of allylic oxidation sites excluding steroid dienone is 1. The number of hydrogen-bond donors (Lipinski definition) is 2. The van der Waals surface area contributed by atoms with Crippen molar-refractivity contribution < 1.29 is 9.59 Å². The molecule has 0 spiro atoms. The van der Waals surface area contributed by atoms with Crippen LogP contribution in [0.2, 0.25) is 5.02 Å². The molecule has 0 radical (unpaired) electrons. The van der Waals surface area contributed by atoms with Gasteiger partial charge in [-0.05, 0) is 50.6 Å². The van der Waals surface area contributed by atoms with Crippen molar-refractivity contribution in [2.45, 2.75) is 20.8 Å². The summed E-state index contributed by atoms with van der Waals surface area (Å²) in [6, 6.07) is 14.0. The van der Waals surface area contributed by atoms with Crippen LogP contribution in [0, 0.1) is 6.92 Å². The number of amides is 3. The lowest BCUT2D eigenvalue weighted by molar-refractivity contribution is -0.122. The predicted molar refractivity (Wildman–Crippen MR) is 129 cm³/mol. The number of aryl methyl sites for hydroxylation is 1. The largest absolute Gasteiger partial charge is 0.329 e. The number of carbonyl (C=O) groups is 2. The van der Waals surface area contributed by atoms with Crippen LogP contribution in [0.25, 0.3) is 23.0 Å². The minimum Gasteiger partial charge on any atom is -0.303 e. The van der Waals surface area contributed by atoms with Crippen LogP contribution in [0.15, 0.2) is 70.7 Å². The van der Waals surface area contributed by atoms with Gasteiger partial charge in [0.15, 0.2) is 0 Å². The standard InChI is InChI=1S/C25H23ClN4O3/c1-15(2)12-13-29-24(32)20(27-25(29)33)14-19-22(17-8-10-18(26)11-9-17)28-30(23(19)31)21-7-5-4-6-16(21)3/h4-12,14,28H,13H2,1-3H3,(H,27,33)/b20-14-. The number of imide groups is 1. The molecule has 8 heteroatoms. The zero-order valence-corrected chi connectivity index (χ0v) is 19.2. The predicted octanol–water partition coefficient (Wildman–Crippen LogP) is 4.65. The number of rotatable bonds is 5. The Morgan fingerprint density at radius 3 is 2.39 bits per heavy atom. The number of nitrogens with zero attached hydrogens (tertiary/aromatic N) is 2. The molecular formula is C25H23ClN4O3. The van der Waals surface area contributed by atoms with Gasteiger partial charge in [0.2, 0.25) is 0 Å². The van der Waals surface area contributed by atoms with Gasteiger partial charge < -0.3 is 5.32 Å². The van der Waals surface area contributed by atoms with Crippen LogP contribution in [0.4, 0.5) is 4.79 Å². The van der Waals surface area contributed by atoms with E-state index in [-0.39, 0.29) is 23.4 Å². The van der Waals surface area contributed by atoms with Crippen LogP contribution in [-0.4, -0.2) is 33.2 Å². The van der Waals surface area contributed by atoms with Gasteiger partial charge in [0, 0.05) is 17.1 Å². The third-order valence-corrected chi connectivity index (χ3v) is 5.60. The SMILES string of the molecule is CC(C)=CCN1C(=O)N/C(=C\c2c(-c3ccc(Cl)cc3)[nH]n(-c3ccccc3C)c2=O)C1=O. The van der Waals surface area contributed by atoms with Crippen molar-refractivity contribution in [2.24, 2.45) is 0 Å². The normalized spacial score (nSPS) is 14.7. The Labute approximate surface area is 196 Å². The van der Waals surface area contributed by atoms with Gasteiger partial charge in [-0.1, -0.05) is 53.6 Å². The fourth-order valence-corrected chi connectivity index (χ4v) is 3.69. The second-order valence-electron chi connectivity index (χ2n) is 8.02. The molecule has 1 aliphatic rings. The van der Waals surface area contributed by atoms with E-state index in [9.17, 15) is 14.4 Å². The number of halogens is 1. The molecule has 33 heavy (non-hydrogen) atoms. The number of aromatic amines is 1. The molecule has 0 aliphatic carbocycles. The fraction of sp³-hybridized carbons (Fsp3) is 0.160. The number of carbonyl (C=O) groups excluding carboxylic acids is 2. The zero-order valence-electron chi connectivity index (χ0n) is 18.5. The van der Waals surface area contributed by atoms with Gasteiger partial charge in [-0.3, -0.25) is 19.6 Å². The van der Waals surface area contributed by atoms with Crippen LogP contribution in [0.5, 0.6) is 0 Å². The van der Waals surface area contributed by atoms with Crippen molar-refractivity contribution in [3.63, 3.8) is 0 Å². The molecule has 0 unspecified atom stereocenters. The molecule has 1 saturated heterocycles. The Morgan fingerprint density at radius 2 is 1.73 bits per heavy atom. The molecule has 1 aromatic heterocycles. The fourth-order valence-electron chi connectivity index (χ4n) is 3.56. The van der Waals surface area contributed by atoms with Gasteiger partial charge in [-0.2, -0.15) is 0 Å². The van der Waals surface area contributed by atoms with Gasteiger partial charge in [0.05, 0.1) is 16.9 Å². The molecule has 0 atom stereocenters. The van der Waals surface area contributed by atoms with Crippen molar-refractivity contribution in [1.82, 2.24) is 20.0 Å². The number of aromatic nitrogens is 2. The maximum absolute atomic E-state index is 13.5. The Kier molecular flexibility index (Phi) is 6.07. The molecule has 2 aromatic carbocycles. The maximum atomic E-state index is 13.5. The van der Waals surface area contributed by atoms with Crippen LogP contribution >= 0.6 is 11.6 Å². The third kappa shape index (κ3) is 4.40. The minimum atomic E-state index is -0.522. The summed E-state index contributed by atoms with van der Waals surface area (Å²) in [6.07, 6.45) is 3.22. The van der Waals surface area contributed by atoms with E-state index in [0.717, 1.165) is 16.0 Å². The van der Waals surface area contributed by atoms with Crippen LogP contribution in [0.1, 0.15) is 25.0 Å². The van der Waals surface area contributed by atoms with Crippen LogP contribution in [-0.2, 0) is 4.79 Å². The van der Waals surface area contributed by atoms with Gasteiger partial charge in [-0.25, -0.2) is 9.48 Å². The van der Waals surface area contributed by atoms with Crippen molar-refractivity contribution in [1.29, 1.82) is 0 Å². The molecule has 3 amide bonds. The Bertz CT molecular complexity index is 1360. The van der Waals surface area contributed by atoms with E-state index in [0.29, 0.717) is 22.0 Å². The number of urea groups is 1. The summed E-state index contributed by atoms with van der Waals surface area (Å²) < 4.78 is 1.44. The molecule has 7 nitrogen and oxygen atoms in total. The zero-order chi connectivity index (χ0) is 23.7. The third-order valence-electron chi connectivity index (χ3n) is 5.35. The molecule has 3 aromatic rings. The van der Waals surface area contributed by atoms with E-state index in [1.165, 1.54) is 10.8 Å². The first-order chi connectivity index (χ1) is 15.8. The molecule has 1 aliphatic heterocycles. The average Bonchev–Trinajstić information content (AvgIpc) is 3.23. The van der Waals surface area contributed by atoms with Crippen molar-refractivity contribution in [2.75, 3.05) is 6.54 Å². The van der Waals surface area contributed by atoms with E-state index in [1.807, 2.05) is 45.0 Å². The van der Waals surface area contributed by atoms with Gasteiger partial charge in [-0.15, -0.1) is 0 Å². The summed E-state index contributed by atoms with van der Waals surface area (Å²) in [4.78, 5) is 39.8. The summed E-state index contributed by atoms with van der Waals surface area (Å²) in [5, 5.41) is 6.31. The minimum absolute atomic E-state index is 0.0467. The summed E-state index contributed by atoms with van der Waals surface area (Å²) in [7, 11) is 0. The lowest BCUT2D eigenvalue weighted by Gasteiger charge is -2.08. The maximum Gasteiger partial charge on any atom is 0.329 e. The Balaban J connectivity index is 1.85. The summed E-state index contributed by atoms with van der Waals surface area (Å²) >= 11 is 6.04. The highest BCUT2D eigenvalue weighted by Gasteiger charge is 2.33. The monoisotopic (exact) mass is 462 g/mol. The van der Waals surface area contributed by atoms with Gasteiger partial charge in [0.1, 0.15) is 5.70 Å². The first-order valence-corrected chi connectivity index (χ1v) is 10.8. The lowest BCUT2D eigenvalue weighted by atomic mass is 10.1. The topological polar surface area (TPSA) is 87.2 Å². The second-order valence-corrected chi connectivity index (χ2v) is 8.46. The molecule has 168 valence electrons. The average molecular weight is 463 g/mol. The molecule has 2 N–H and O–H groups in total. The van der Waals surface area contributed by atoms with Crippen molar-refractivity contribution in [3.8, 4) is 16.9 Å². The van der Waals surface area contributed by atoms with E-state index in [4.69, 9.17) is 11.6 Å². The number of hydrogen-bond acceptors (Lipinski definition) is 3. The molecular weight excluding hydrogens is 440 g/mol. The van der Waals surface area contributed by atoms with Crippen LogP contribution < -0.4 is 10.9 Å². The summed E-state index contributed by atoms with van der Waals surface area (Å²) in [5.74, 6) is -0.484. The first kappa shape index (κ1) is 22.4.